The second-order valence-electron chi connectivity index (χ2n) is 6.73. The number of aromatic nitrogens is 1. The zero-order valence-electron chi connectivity index (χ0n) is 13.4. The molecule has 1 aliphatic rings. The molecule has 2 aromatic rings. The van der Waals surface area contributed by atoms with Crippen molar-refractivity contribution in [2.75, 3.05) is 7.11 Å². The second-order valence-corrected chi connectivity index (χ2v) is 6.73. The van der Waals surface area contributed by atoms with Gasteiger partial charge in [-0.3, -0.25) is 0 Å². The summed E-state index contributed by atoms with van der Waals surface area (Å²) in [5.41, 5.74) is 2.70. The summed E-state index contributed by atoms with van der Waals surface area (Å²) < 4.78 is 7.91. The normalized spacial score (nSPS) is 15.8. The number of methoxy groups -OCH3 is 1. The molecule has 1 saturated carbocycles. The van der Waals surface area contributed by atoms with E-state index in [1.54, 1.807) is 7.11 Å². The number of hydrogen-bond donors (Lipinski definition) is 1. The highest BCUT2D eigenvalue weighted by molar-refractivity contribution is 5.83. The highest BCUT2D eigenvalue weighted by Gasteiger charge is 2.21. The Labute approximate surface area is 127 Å². The Bertz CT molecular complexity index is 611. The van der Waals surface area contributed by atoms with Gasteiger partial charge in [-0.15, -0.1) is 0 Å². The Kier molecular flexibility index (Phi) is 4.05. The molecule has 1 heterocycles. The number of fused-ring (bicyclic) bond motifs is 1. The van der Waals surface area contributed by atoms with Crippen LogP contribution in [0.3, 0.4) is 0 Å². The molecule has 114 valence electrons. The topological polar surface area (TPSA) is 26.2 Å². The Hall–Kier alpha value is -1.32. The van der Waals surface area contributed by atoms with Gasteiger partial charge in [0, 0.05) is 32.4 Å². The molecule has 3 rings (SSSR count). The zero-order chi connectivity index (χ0) is 14.9. The van der Waals surface area contributed by atoms with Gasteiger partial charge >= 0.3 is 0 Å². The molecule has 0 unspecified atom stereocenters. The highest BCUT2D eigenvalue weighted by Crippen LogP contribution is 2.24. The number of nitrogens with zero attached hydrogens (tertiary/aromatic N) is 1. The molecule has 0 amide bonds. The maximum Gasteiger partial charge on any atom is 0.0639 e. The summed E-state index contributed by atoms with van der Waals surface area (Å²) in [6.07, 6.45) is 5.88. The molecule has 1 aromatic carbocycles. The zero-order valence-corrected chi connectivity index (χ0v) is 13.4. The third-order valence-corrected chi connectivity index (χ3v) is 4.54. The van der Waals surface area contributed by atoms with E-state index in [9.17, 15) is 0 Å². The van der Waals surface area contributed by atoms with E-state index in [-0.39, 0.29) is 5.60 Å². The predicted molar refractivity (Wildman–Crippen MR) is 87.5 cm³/mol. The van der Waals surface area contributed by atoms with Crippen LogP contribution in [0, 0.1) is 0 Å². The standard InChI is InChI=1S/C18H26N2O/c1-18(2,21-3)10-12-20-11-9-14-5-4-6-15(17(14)20)13-19-16-7-8-16/h4-6,9,11,16,19H,7-8,10,12-13H2,1-3H3. The molecule has 0 radical (unpaired) electrons. The summed E-state index contributed by atoms with van der Waals surface area (Å²) in [5, 5.41) is 4.96. The Morgan fingerprint density at radius 1 is 1.29 bits per heavy atom. The number of benzene rings is 1. The van der Waals surface area contributed by atoms with E-state index in [1.165, 1.54) is 29.3 Å². The van der Waals surface area contributed by atoms with Crippen molar-refractivity contribution >= 4 is 10.9 Å². The largest absolute Gasteiger partial charge is 0.379 e. The molecular weight excluding hydrogens is 260 g/mol. The maximum atomic E-state index is 5.54. The number of hydrogen-bond acceptors (Lipinski definition) is 2. The van der Waals surface area contributed by atoms with Crippen LogP contribution in [0.5, 0.6) is 0 Å². The third kappa shape index (κ3) is 3.47. The summed E-state index contributed by atoms with van der Waals surface area (Å²) in [6, 6.07) is 9.57. The monoisotopic (exact) mass is 286 g/mol. The van der Waals surface area contributed by atoms with Crippen LogP contribution in [0.15, 0.2) is 30.5 Å². The number of ether oxygens (including phenoxy) is 1. The quantitative estimate of drug-likeness (QED) is 0.840. The van der Waals surface area contributed by atoms with Gasteiger partial charge in [-0.2, -0.15) is 0 Å². The fourth-order valence-corrected chi connectivity index (χ4v) is 2.70. The summed E-state index contributed by atoms with van der Waals surface area (Å²) in [7, 11) is 1.79. The molecule has 3 nitrogen and oxygen atoms in total. The third-order valence-electron chi connectivity index (χ3n) is 4.54. The molecule has 0 atom stereocenters. The molecule has 1 fully saturated rings. The SMILES string of the molecule is COC(C)(C)CCn1ccc2cccc(CNC3CC3)c21. The minimum absolute atomic E-state index is 0.0716. The van der Waals surface area contributed by atoms with Crippen molar-refractivity contribution in [1.82, 2.24) is 9.88 Å². The first-order valence-corrected chi connectivity index (χ1v) is 7.94. The van der Waals surface area contributed by atoms with E-state index in [1.807, 2.05) is 0 Å². The van der Waals surface area contributed by atoms with Crippen LogP contribution in [0.2, 0.25) is 0 Å². The lowest BCUT2D eigenvalue weighted by atomic mass is 10.1. The molecule has 21 heavy (non-hydrogen) atoms. The lowest BCUT2D eigenvalue weighted by Crippen LogP contribution is -2.24. The Balaban J connectivity index is 1.80. The lowest BCUT2D eigenvalue weighted by Gasteiger charge is -2.23. The fraction of sp³-hybridized carbons (Fsp3) is 0.556. The van der Waals surface area contributed by atoms with Crippen LogP contribution in [-0.4, -0.2) is 23.3 Å². The minimum atomic E-state index is -0.0716. The first-order valence-electron chi connectivity index (χ1n) is 7.94. The number of rotatable bonds is 7. The molecule has 0 saturated heterocycles. The minimum Gasteiger partial charge on any atom is -0.379 e. The van der Waals surface area contributed by atoms with E-state index in [0.29, 0.717) is 0 Å². The van der Waals surface area contributed by atoms with Crippen molar-refractivity contribution in [2.24, 2.45) is 0 Å². The molecule has 3 heteroatoms. The predicted octanol–water partition coefficient (Wildman–Crippen LogP) is 3.71. The second kappa shape index (κ2) is 5.82. The molecule has 1 aliphatic carbocycles. The van der Waals surface area contributed by atoms with Crippen LogP contribution in [0.25, 0.3) is 10.9 Å². The number of aryl methyl sites for hydroxylation is 1. The molecular formula is C18H26N2O. The average Bonchev–Trinajstić information content (AvgIpc) is 3.22. The van der Waals surface area contributed by atoms with Gasteiger partial charge in [-0.1, -0.05) is 18.2 Å². The lowest BCUT2D eigenvalue weighted by molar-refractivity contribution is 0.0123. The van der Waals surface area contributed by atoms with Crippen LogP contribution in [0.4, 0.5) is 0 Å². The molecule has 1 N–H and O–H groups in total. The van der Waals surface area contributed by atoms with E-state index in [2.05, 4.69) is 54.2 Å². The average molecular weight is 286 g/mol. The highest BCUT2D eigenvalue weighted by atomic mass is 16.5. The summed E-state index contributed by atoms with van der Waals surface area (Å²) >= 11 is 0. The van der Waals surface area contributed by atoms with Crippen LogP contribution in [0.1, 0.15) is 38.7 Å². The number of nitrogens with one attached hydrogen (secondary N) is 1. The van der Waals surface area contributed by atoms with Gasteiger partial charge in [-0.25, -0.2) is 0 Å². The van der Waals surface area contributed by atoms with Gasteiger partial charge in [0.05, 0.1) is 11.1 Å². The maximum absolute atomic E-state index is 5.54. The van der Waals surface area contributed by atoms with E-state index in [0.717, 1.165) is 25.6 Å². The van der Waals surface area contributed by atoms with Gasteiger partial charge in [0.2, 0.25) is 0 Å². The van der Waals surface area contributed by atoms with E-state index < -0.39 is 0 Å². The summed E-state index contributed by atoms with van der Waals surface area (Å²) in [6.45, 7) is 6.26. The first kappa shape index (κ1) is 14.6. The van der Waals surface area contributed by atoms with Crippen molar-refractivity contribution in [3.63, 3.8) is 0 Å². The van der Waals surface area contributed by atoms with Crippen LogP contribution >= 0.6 is 0 Å². The first-order chi connectivity index (χ1) is 10.1. The number of para-hydroxylation sites is 1. The molecule has 0 aliphatic heterocycles. The van der Waals surface area contributed by atoms with Crippen molar-refractivity contribution in [1.29, 1.82) is 0 Å². The van der Waals surface area contributed by atoms with Crippen molar-refractivity contribution in [2.45, 2.75) is 57.8 Å². The van der Waals surface area contributed by atoms with Gasteiger partial charge in [0.15, 0.2) is 0 Å². The smallest absolute Gasteiger partial charge is 0.0639 e. The van der Waals surface area contributed by atoms with Gasteiger partial charge in [0.25, 0.3) is 0 Å². The Morgan fingerprint density at radius 3 is 2.81 bits per heavy atom. The Morgan fingerprint density at radius 2 is 2.10 bits per heavy atom. The van der Waals surface area contributed by atoms with Gasteiger partial charge in [-0.05, 0) is 50.1 Å². The van der Waals surface area contributed by atoms with Crippen molar-refractivity contribution in [3.8, 4) is 0 Å². The van der Waals surface area contributed by atoms with Gasteiger partial charge < -0.3 is 14.6 Å². The summed E-state index contributed by atoms with van der Waals surface area (Å²) in [5.74, 6) is 0. The fourth-order valence-electron chi connectivity index (χ4n) is 2.70. The van der Waals surface area contributed by atoms with Gasteiger partial charge in [0.1, 0.15) is 0 Å². The van der Waals surface area contributed by atoms with E-state index >= 15 is 0 Å². The van der Waals surface area contributed by atoms with E-state index in [4.69, 9.17) is 4.74 Å². The van der Waals surface area contributed by atoms with Crippen LogP contribution in [-0.2, 0) is 17.8 Å². The summed E-state index contributed by atoms with van der Waals surface area (Å²) in [4.78, 5) is 0. The van der Waals surface area contributed by atoms with Crippen molar-refractivity contribution < 1.29 is 4.74 Å². The molecule has 0 spiro atoms. The molecule has 0 bridgehead atoms. The molecule has 1 aromatic heterocycles. The van der Waals surface area contributed by atoms with Crippen molar-refractivity contribution in [3.05, 3.63) is 36.0 Å². The van der Waals surface area contributed by atoms with Crippen LogP contribution < -0.4 is 5.32 Å².